The summed E-state index contributed by atoms with van der Waals surface area (Å²) in [6.45, 7) is 0.993. The van der Waals surface area contributed by atoms with Gasteiger partial charge in [0, 0.05) is 13.1 Å². The van der Waals surface area contributed by atoms with Crippen LogP contribution in [0.4, 0.5) is 4.39 Å². The third kappa shape index (κ3) is 5.24. The molecule has 0 bridgehead atoms. The Labute approximate surface area is 188 Å². The van der Waals surface area contributed by atoms with E-state index in [1.807, 2.05) is 59.5 Å². The summed E-state index contributed by atoms with van der Waals surface area (Å²) in [7, 11) is 1.63. The van der Waals surface area contributed by atoms with Crippen molar-refractivity contribution in [2.75, 3.05) is 13.7 Å². The molecule has 2 atom stereocenters. The zero-order valence-corrected chi connectivity index (χ0v) is 18.1. The topological polar surface area (TPSA) is 41.6 Å². The third-order valence-electron chi connectivity index (χ3n) is 5.72. The van der Waals surface area contributed by atoms with Crippen LogP contribution in [0.1, 0.15) is 22.7 Å². The molecule has 0 aromatic heterocycles. The van der Waals surface area contributed by atoms with E-state index in [0.29, 0.717) is 19.5 Å². The maximum atomic E-state index is 13.8. The van der Waals surface area contributed by atoms with Crippen LogP contribution in [0.2, 0.25) is 0 Å². The molecule has 32 heavy (non-hydrogen) atoms. The van der Waals surface area contributed by atoms with E-state index in [-0.39, 0.29) is 23.8 Å². The molecule has 1 N–H and O–H groups in total. The van der Waals surface area contributed by atoms with E-state index in [9.17, 15) is 9.18 Å². The minimum Gasteiger partial charge on any atom is -0.497 e. The van der Waals surface area contributed by atoms with Gasteiger partial charge in [-0.15, -0.1) is 0 Å². The van der Waals surface area contributed by atoms with Gasteiger partial charge in [-0.05, 0) is 47.4 Å². The number of carbonyl (C=O) groups excluding carboxylic acids is 1. The lowest BCUT2D eigenvalue weighted by Crippen LogP contribution is -2.49. The average molecular weight is 431 g/mol. The lowest BCUT2D eigenvalue weighted by molar-refractivity contribution is -0.136. The van der Waals surface area contributed by atoms with Gasteiger partial charge in [0.15, 0.2) is 0 Å². The van der Waals surface area contributed by atoms with Crippen molar-refractivity contribution in [2.24, 2.45) is 0 Å². The van der Waals surface area contributed by atoms with Crippen molar-refractivity contribution in [3.63, 3.8) is 0 Å². The summed E-state index contributed by atoms with van der Waals surface area (Å²) < 4.78 is 18.8. The van der Waals surface area contributed by atoms with Gasteiger partial charge in [-0.3, -0.25) is 4.79 Å². The molecule has 3 aromatic carbocycles. The van der Waals surface area contributed by atoms with Gasteiger partial charge in [0.2, 0.25) is 5.91 Å². The highest BCUT2D eigenvalue weighted by Gasteiger charge is 2.30. The van der Waals surface area contributed by atoms with Crippen LogP contribution >= 0.6 is 0 Å². The first kappa shape index (κ1) is 21.8. The van der Waals surface area contributed by atoms with Gasteiger partial charge in [0.05, 0.1) is 19.2 Å². The molecule has 5 heteroatoms. The van der Waals surface area contributed by atoms with E-state index in [0.717, 1.165) is 22.4 Å². The highest BCUT2D eigenvalue weighted by Crippen LogP contribution is 2.28. The monoisotopic (exact) mass is 430 g/mol. The Kier molecular flexibility index (Phi) is 6.97. The molecule has 0 fully saturated rings. The molecule has 1 amide bonds. The lowest BCUT2D eigenvalue weighted by Gasteiger charge is -2.35. The zero-order valence-electron chi connectivity index (χ0n) is 18.1. The Morgan fingerprint density at radius 3 is 2.38 bits per heavy atom. The van der Waals surface area contributed by atoms with Crippen molar-refractivity contribution < 1.29 is 13.9 Å². The molecule has 0 radical (unpaired) electrons. The SMILES string of the molecule is COc1ccc(C2/C=C\CN[C@@H](Cc3ccccc3)C(=O)N2Cc2ccc(F)cc2)cc1. The summed E-state index contributed by atoms with van der Waals surface area (Å²) in [6, 6.07) is 23.5. The van der Waals surface area contributed by atoms with Gasteiger partial charge in [-0.1, -0.05) is 66.7 Å². The second kappa shape index (κ2) is 10.2. The number of nitrogens with zero attached hydrogens (tertiary/aromatic N) is 1. The second-order valence-corrected chi connectivity index (χ2v) is 7.89. The molecular weight excluding hydrogens is 403 g/mol. The van der Waals surface area contributed by atoms with Crippen LogP contribution in [0.3, 0.4) is 0 Å². The van der Waals surface area contributed by atoms with Gasteiger partial charge in [0.25, 0.3) is 0 Å². The number of nitrogens with one attached hydrogen (secondary N) is 1. The number of amides is 1. The van der Waals surface area contributed by atoms with Gasteiger partial charge < -0.3 is 15.0 Å². The number of carbonyl (C=O) groups is 1. The van der Waals surface area contributed by atoms with Crippen molar-refractivity contribution in [3.8, 4) is 5.75 Å². The third-order valence-corrected chi connectivity index (χ3v) is 5.72. The number of halogens is 1. The van der Waals surface area contributed by atoms with Crippen LogP contribution in [0.15, 0.2) is 91.0 Å². The predicted molar refractivity (Wildman–Crippen MR) is 124 cm³/mol. The van der Waals surface area contributed by atoms with Crippen LogP contribution in [0.25, 0.3) is 0 Å². The van der Waals surface area contributed by atoms with E-state index >= 15 is 0 Å². The highest BCUT2D eigenvalue weighted by molar-refractivity contribution is 5.83. The summed E-state index contributed by atoms with van der Waals surface area (Å²) in [5.41, 5.74) is 2.98. The van der Waals surface area contributed by atoms with Gasteiger partial charge in [0.1, 0.15) is 11.6 Å². The number of methoxy groups -OCH3 is 1. The van der Waals surface area contributed by atoms with Gasteiger partial charge in [-0.25, -0.2) is 4.39 Å². The molecule has 3 aromatic rings. The minimum atomic E-state index is -0.358. The number of hydrogen-bond acceptors (Lipinski definition) is 3. The van der Waals surface area contributed by atoms with Crippen molar-refractivity contribution in [1.29, 1.82) is 0 Å². The predicted octanol–water partition coefficient (Wildman–Crippen LogP) is 4.67. The first-order valence-electron chi connectivity index (χ1n) is 10.8. The van der Waals surface area contributed by atoms with Crippen LogP contribution < -0.4 is 10.1 Å². The largest absolute Gasteiger partial charge is 0.497 e. The molecular formula is C27H27FN2O2. The van der Waals surface area contributed by atoms with Crippen LogP contribution in [-0.2, 0) is 17.8 Å². The van der Waals surface area contributed by atoms with Crippen molar-refractivity contribution in [2.45, 2.75) is 25.0 Å². The Morgan fingerprint density at radius 2 is 1.69 bits per heavy atom. The molecule has 0 aliphatic carbocycles. The minimum absolute atomic E-state index is 0.0170. The van der Waals surface area contributed by atoms with Crippen molar-refractivity contribution >= 4 is 5.91 Å². The summed E-state index contributed by atoms with van der Waals surface area (Å²) in [5, 5.41) is 3.38. The molecule has 0 spiro atoms. The number of hydrogen-bond donors (Lipinski definition) is 1. The van der Waals surface area contributed by atoms with E-state index in [4.69, 9.17) is 4.74 Å². The quantitative estimate of drug-likeness (QED) is 0.578. The average Bonchev–Trinajstić information content (AvgIpc) is 2.83. The van der Waals surface area contributed by atoms with Crippen molar-refractivity contribution in [3.05, 3.63) is 114 Å². The molecule has 4 rings (SSSR count). The zero-order chi connectivity index (χ0) is 22.3. The summed E-state index contributed by atoms with van der Waals surface area (Å²) in [6.07, 6.45) is 4.72. The first-order chi connectivity index (χ1) is 15.6. The number of benzene rings is 3. The Balaban J connectivity index is 1.68. The summed E-state index contributed by atoms with van der Waals surface area (Å²) in [4.78, 5) is 15.7. The van der Waals surface area contributed by atoms with Crippen LogP contribution in [-0.4, -0.2) is 30.5 Å². The summed E-state index contributed by atoms with van der Waals surface area (Å²) in [5.74, 6) is 0.495. The number of ether oxygens (including phenoxy) is 1. The van der Waals surface area contributed by atoms with Gasteiger partial charge >= 0.3 is 0 Å². The maximum Gasteiger partial charge on any atom is 0.241 e. The van der Waals surface area contributed by atoms with E-state index in [1.165, 1.54) is 12.1 Å². The molecule has 0 saturated heterocycles. The highest BCUT2D eigenvalue weighted by atomic mass is 19.1. The lowest BCUT2D eigenvalue weighted by atomic mass is 9.98. The van der Waals surface area contributed by atoms with E-state index < -0.39 is 0 Å². The Morgan fingerprint density at radius 1 is 0.969 bits per heavy atom. The fourth-order valence-corrected chi connectivity index (χ4v) is 4.00. The summed E-state index contributed by atoms with van der Waals surface area (Å²) >= 11 is 0. The fraction of sp³-hybridized carbons (Fsp3) is 0.222. The van der Waals surface area contributed by atoms with E-state index in [1.54, 1.807) is 19.2 Å². The van der Waals surface area contributed by atoms with E-state index in [2.05, 4.69) is 17.5 Å². The maximum absolute atomic E-state index is 13.8. The first-order valence-corrected chi connectivity index (χ1v) is 10.8. The molecule has 1 unspecified atom stereocenters. The normalized spacial score (nSPS) is 19.8. The molecule has 1 aliphatic rings. The van der Waals surface area contributed by atoms with Crippen LogP contribution in [0.5, 0.6) is 5.75 Å². The second-order valence-electron chi connectivity index (χ2n) is 7.89. The molecule has 4 nitrogen and oxygen atoms in total. The van der Waals surface area contributed by atoms with Crippen LogP contribution in [0, 0.1) is 5.82 Å². The Bertz CT molecular complexity index is 1050. The fourth-order valence-electron chi connectivity index (χ4n) is 4.00. The molecule has 164 valence electrons. The molecule has 1 heterocycles. The van der Waals surface area contributed by atoms with Gasteiger partial charge in [-0.2, -0.15) is 0 Å². The molecule has 0 saturated carbocycles. The smallest absolute Gasteiger partial charge is 0.241 e. The molecule has 1 aliphatic heterocycles. The standard InChI is InChI=1S/C27H27FN2O2/c1-32-24-15-11-22(12-16-24)26-8-5-17-29-25(18-20-6-3-2-4-7-20)27(31)30(26)19-21-9-13-23(28)14-10-21/h2-16,25-26,29H,17-19H2,1H3/b8-5-/t25-,26?/m0/s1. The number of rotatable bonds is 6. The van der Waals surface area contributed by atoms with Crippen molar-refractivity contribution in [1.82, 2.24) is 10.2 Å². The Hall–Kier alpha value is -3.44.